The zero-order valence-electron chi connectivity index (χ0n) is 20.1. The maximum absolute atomic E-state index is 13.0. The van der Waals surface area contributed by atoms with Crippen molar-refractivity contribution in [3.8, 4) is 23.0 Å². The van der Waals surface area contributed by atoms with Crippen LogP contribution in [-0.2, 0) is 6.54 Å². The third kappa shape index (κ3) is 5.91. The van der Waals surface area contributed by atoms with Crippen LogP contribution in [0.25, 0.3) is 11.3 Å². The Balaban J connectivity index is 1.28. The van der Waals surface area contributed by atoms with Crippen LogP contribution >= 0.6 is 0 Å². The van der Waals surface area contributed by atoms with Crippen molar-refractivity contribution in [3.05, 3.63) is 95.9 Å². The summed E-state index contributed by atoms with van der Waals surface area (Å²) in [6.07, 6.45) is 5.11. The molecule has 1 fully saturated rings. The number of aryl methyl sites for hydroxylation is 1. The fourth-order valence-corrected chi connectivity index (χ4v) is 4.09. The molecule has 8 nitrogen and oxygen atoms in total. The third-order valence-electron chi connectivity index (χ3n) is 6.04. The highest BCUT2D eigenvalue weighted by molar-refractivity contribution is 6.04. The van der Waals surface area contributed by atoms with E-state index in [0.717, 1.165) is 55.1 Å². The molecule has 2 N–H and O–H groups in total. The van der Waals surface area contributed by atoms with Crippen molar-refractivity contribution in [1.82, 2.24) is 25.2 Å². The van der Waals surface area contributed by atoms with Gasteiger partial charge in [-0.1, -0.05) is 18.2 Å². The van der Waals surface area contributed by atoms with E-state index >= 15 is 0 Å². The number of anilines is 1. The smallest absolute Gasteiger partial charge is 0.322 e. The number of amides is 1. The van der Waals surface area contributed by atoms with Crippen LogP contribution in [0.2, 0.25) is 0 Å². The van der Waals surface area contributed by atoms with Crippen LogP contribution in [-0.4, -0.2) is 51.9 Å². The molecule has 0 bridgehead atoms. The molecule has 4 aromatic rings. The average molecular weight is 481 g/mol. The highest BCUT2D eigenvalue weighted by atomic mass is 16.5. The van der Waals surface area contributed by atoms with Gasteiger partial charge in [-0.05, 0) is 54.4 Å². The van der Waals surface area contributed by atoms with Crippen LogP contribution in [0.5, 0.6) is 11.8 Å². The Kier molecular flexibility index (Phi) is 7.25. The highest BCUT2D eigenvalue weighted by Crippen LogP contribution is 2.27. The molecule has 2 aromatic carbocycles. The number of rotatable bonds is 7. The summed E-state index contributed by atoms with van der Waals surface area (Å²) in [5.41, 5.74) is 4.89. The molecule has 1 saturated heterocycles. The number of carbonyl (C=O) groups excluding carboxylic acids is 1. The molecule has 2 aromatic heterocycles. The third-order valence-corrected chi connectivity index (χ3v) is 6.04. The van der Waals surface area contributed by atoms with Gasteiger partial charge in [0.25, 0.3) is 5.91 Å². The molecule has 0 aliphatic carbocycles. The van der Waals surface area contributed by atoms with Crippen molar-refractivity contribution in [3.63, 3.8) is 0 Å². The standard InChI is InChI=1S/C28H28N6O2/c1-20-7-8-24(17-26(20)36-28-31-11-9-25(33-28)23-6-3-10-30-18-23)32-27(35)22-5-2-4-21(16-22)19-34-14-12-29-13-15-34/h2-11,16-18,29H,12-15,19H2,1H3,(H,32,35). The zero-order chi connectivity index (χ0) is 24.7. The fraction of sp³-hybridized carbons (Fsp3) is 0.214. The van der Waals surface area contributed by atoms with Gasteiger partial charge >= 0.3 is 6.01 Å². The van der Waals surface area contributed by atoms with Gasteiger partial charge in [0.1, 0.15) is 5.75 Å². The summed E-state index contributed by atoms with van der Waals surface area (Å²) in [6, 6.07) is 19.2. The minimum Gasteiger partial charge on any atom is -0.424 e. The lowest BCUT2D eigenvalue weighted by molar-refractivity contribution is 0.102. The SMILES string of the molecule is Cc1ccc(NC(=O)c2cccc(CN3CCNCC3)c2)cc1Oc1nccc(-c2cccnc2)n1. The molecule has 1 aliphatic rings. The zero-order valence-corrected chi connectivity index (χ0v) is 20.1. The molecule has 1 amide bonds. The lowest BCUT2D eigenvalue weighted by Crippen LogP contribution is -2.42. The number of piperazine rings is 1. The summed E-state index contributed by atoms with van der Waals surface area (Å²) in [4.78, 5) is 28.3. The number of benzene rings is 2. The van der Waals surface area contributed by atoms with Gasteiger partial charge in [0.15, 0.2) is 0 Å². The molecule has 0 spiro atoms. The summed E-state index contributed by atoms with van der Waals surface area (Å²) in [7, 11) is 0. The normalized spacial score (nSPS) is 13.8. The molecule has 0 saturated carbocycles. The summed E-state index contributed by atoms with van der Waals surface area (Å²) < 4.78 is 6.00. The van der Waals surface area contributed by atoms with Gasteiger partial charge in [0.05, 0.1) is 5.69 Å². The number of aromatic nitrogens is 3. The predicted molar refractivity (Wildman–Crippen MR) is 139 cm³/mol. The fourth-order valence-electron chi connectivity index (χ4n) is 4.09. The lowest BCUT2D eigenvalue weighted by Gasteiger charge is -2.27. The second-order valence-corrected chi connectivity index (χ2v) is 8.73. The quantitative estimate of drug-likeness (QED) is 0.408. The topological polar surface area (TPSA) is 92.3 Å². The number of carbonyl (C=O) groups is 1. The maximum atomic E-state index is 13.0. The monoisotopic (exact) mass is 480 g/mol. The number of nitrogens with one attached hydrogen (secondary N) is 2. The van der Waals surface area contributed by atoms with Crippen molar-refractivity contribution in [1.29, 1.82) is 0 Å². The van der Waals surface area contributed by atoms with Gasteiger partial charge in [0, 0.05) is 74.2 Å². The Morgan fingerprint density at radius 1 is 1.06 bits per heavy atom. The van der Waals surface area contributed by atoms with Gasteiger partial charge in [-0.3, -0.25) is 14.7 Å². The van der Waals surface area contributed by atoms with Crippen molar-refractivity contribution >= 4 is 11.6 Å². The Morgan fingerprint density at radius 2 is 1.94 bits per heavy atom. The molecule has 5 rings (SSSR count). The van der Waals surface area contributed by atoms with Gasteiger partial charge in [-0.2, -0.15) is 4.98 Å². The Labute approximate surface area is 210 Å². The van der Waals surface area contributed by atoms with Crippen molar-refractivity contribution in [2.45, 2.75) is 13.5 Å². The Morgan fingerprint density at radius 3 is 2.78 bits per heavy atom. The van der Waals surface area contributed by atoms with E-state index < -0.39 is 0 Å². The van der Waals surface area contributed by atoms with E-state index in [1.807, 2.05) is 55.5 Å². The van der Waals surface area contributed by atoms with Gasteiger partial charge < -0.3 is 15.4 Å². The molecule has 8 heteroatoms. The summed E-state index contributed by atoms with van der Waals surface area (Å²) >= 11 is 0. The molecule has 0 atom stereocenters. The van der Waals surface area contributed by atoms with Crippen LogP contribution in [0.4, 0.5) is 5.69 Å². The van der Waals surface area contributed by atoms with Gasteiger partial charge in [-0.25, -0.2) is 4.98 Å². The first-order chi connectivity index (χ1) is 17.6. The molecule has 0 radical (unpaired) electrons. The minimum atomic E-state index is -0.165. The van der Waals surface area contributed by atoms with E-state index in [1.165, 1.54) is 0 Å². The molecule has 36 heavy (non-hydrogen) atoms. The molecular formula is C28H28N6O2. The van der Waals surface area contributed by atoms with Crippen molar-refractivity contribution in [2.24, 2.45) is 0 Å². The molecule has 1 aliphatic heterocycles. The Bertz CT molecular complexity index is 1340. The van der Waals surface area contributed by atoms with Crippen LogP contribution in [0, 0.1) is 6.92 Å². The van der Waals surface area contributed by atoms with Crippen molar-refractivity contribution < 1.29 is 9.53 Å². The predicted octanol–water partition coefficient (Wildman–Crippen LogP) is 4.30. The first kappa shape index (κ1) is 23.6. The van der Waals surface area contributed by atoms with Crippen LogP contribution in [0.1, 0.15) is 21.5 Å². The second-order valence-electron chi connectivity index (χ2n) is 8.73. The largest absolute Gasteiger partial charge is 0.424 e. The van der Waals surface area contributed by atoms with E-state index in [4.69, 9.17) is 4.74 Å². The molecule has 182 valence electrons. The van der Waals surface area contributed by atoms with E-state index in [-0.39, 0.29) is 11.9 Å². The average Bonchev–Trinajstić information content (AvgIpc) is 2.92. The van der Waals surface area contributed by atoms with Gasteiger partial charge in [0.2, 0.25) is 0 Å². The first-order valence-electron chi connectivity index (χ1n) is 12.0. The molecular weight excluding hydrogens is 452 g/mol. The van der Waals surface area contributed by atoms with Crippen LogP contribution in [0.3, 0.4) is 0 Å². The van der Waals surface area contributed by atoms with Gasteiger partial charge in [-0.15, -0.1) is 0 Å². The first-order valence-corrected chi connectivity index (χ1v) is 12.0. The van der Waals surface area contributed by atoms with Crippen molar-refractivity contribution in [2.75, 3.05) is 31.5 Å². The van der Waals surface area contributed by atoms with E-state index in [1.54, 1.807) is 24.7 Å². The maximum Gasteiger partial charge on any atom is 0.322 e. The van der Waals surface area contributed by atoms with E-state index in [0.29, 0.717) is 17.0 Å². The number of pyridine rings is 1. The summed E-state index contributed by atoms with van der Waals surface area (Å²) in [5.74, 6) is 0.408. The second kappa shape index (κ2) is 11.1. The number of hydrogen-bond donors (Lipinski definition) is 2. The summed E-state index contributed by atoms with van der Waals surface area (Å²) in [6.45, 7) is 6.79. The highest BCUT2D eigenvalue weighted by Gasteiger charge is 2.13. The molecule has 3 heterocycles. The number of hydrogen-bond acceptors (Lipinski definition) is 7. The van der Waals surface area contributed by atoms with Crippen LogP contribution < -0.4 is 15.4 Å². The Hall–Kier alpha value is -4.14. The van der Waals surface area contributed by atoms with E-state index in [2.05, 4.69) is 36.6 Å². The minimum absolute atomic E-state index is 0.165. The van der Waals surface area contributed by atoms with Crippen LogP contribution in [0.15, 0.2) is 79.3 Å². The van der Waals surface area contributed by atoms with E-state index in [9.17, 15) is 4.79 Å². The molecule has 0 unspecified atom stereocenters. The summed E-state index contributed by atoms with van der Waals surface area (Å²) in [5, 5.41) is 6.35. The number of ether oxygens (including phenoxy) is 1. The number of nitrogens with zero attached hydrogens (tertiary/aromatic N) is 4. The lowest BCUT2D eigenvalue weighted by atomic mass is 10.1.